The minimum Gasteiger partial charge on any atom is -0.497 e. The number of amides is 1. The maximum Gasteiger partial charge on any atom is 0.309 e. The Morgan fingerprint density at radius 2 is 2.00 bits per heavy atom. The number of morpholine rings is 1. The van der Waals surface area contributed by atoms with Gasteiger partial charge in [0.2, 0.25) is 5.91 Å². The van der Waals surface area contributed by atoms with Crippen molar-refractivity contribution in [2.75, 3.05) is 33.4 Å². The number of benzene rings is 1. The second-order valence-electron chi connectivity index (χ2n) is 5.88. The van der Waals surface area contributed by atoms with Crippen LogP contribution in [0.5, 0.6) is 5.75 Å². The van der Waals surface area contributed by atoms with Crippen molar-refractivity contribution < 1.29 is 24.2 Å². The number of carboxylic acids is 1. The van der Waals surface area contributed by atoms with E-state index in [1.54, 1.807) is 17.0 Å². The van der Waals surface area contributed by atoms with E-state index in [1.807, 2.05) is 0 Å². The first kappa shape index (κ1) is 17.9. The lowest BCUT2D eigenvalue weighted by atomic mass is 10.1. The molecule has 0 atom stereocenters. The van der Waals surface area contributed by atoms with Crippen LogP contribution in [0.15, 0.2) is 23.0 Å². The predicted octanol–water partition coefficient (Wildman–Crippen LogP) is -0.109. The maximum absolute atomic E-state index is 12.8. The number of aromatic nitrogens is 2. The Kier molecular flexibility index (Phi) is 5.17. The van der Waals surface area contributed by atoms with Crippen LogP contribution < -0.4 is 10.3 Å². The quantitative estimate of drug-likeness (QED) is 0.791. The Labute approximate surface area is 148 Å². The molecule has 1 saturated heterocycles. The van der Waals surface area contributed by atoms with Crippen molar-refractivity contribution in [2.24, 2.45) is 0 Å². The summed E-state index contributed by atoms with van der Waals surface area (Å²) in [7, 11) is 1.47. The van der Waals surface area contributed by atoms with Crippen molar-refractivity contribution in [3.8, 4) is 5.75 Å². The van der Waals surface area contributed by atoms with Gasteiger partial charge in [-0.2, -0.15) is 5.10 Å². The van der Waals surface area contributed by atoms with Crippen molar-refractivity contribution in [3.05, 3.63) is 34.2 Å². The largest absolute Gasteiger partial charge is 0.497 e. The highest BCUT2D eigenvalue weighted by Gasteiger charge is 2.20. The van der Waals surface area contributed by atoms with Crippen molar-refractivity contribution in [1.29, 1.82) is 0 Å². The summed E-state index contributed by atoms with van der Waals surface area (Å²) in [5, 5.41) is 14.0. The molecule has 9 heteroatoms. The van der Waals surface area contributed by atoms with E-state index in [0.717, 1.165) is 4.68 Å². The number of fused-ring (bicyclic) bond motifs is 1. The van der Waals surface area contributed by atoms with Crippen molar-refractivity contribution in [3.63, 3.8) is 0 Å². The van der Waals surface area contributed by atoms with Crippen molar-refractivity contribution >= 4 is 22.6 Å². The van der Waals surface area contributed by atoms with E-state index in [0.29, 0.717) is 37.4 Å². The van der Waals surface area contributed by atoms with E-state index in [4.69, 9.17) is 14.6 Å². The molecule has 1 aromatic carbocycles. The molecule has 2 aromatic rings. The molecule has 3 rings (SSSR count). The molecule has 0 unspecified atom stereocenters. The minimum atomic E-state index is -1.07. The smallest absolute Gasteiger partial charge is 0.309 e. The zero-order valence-electron chi connectivity index (χ0n) is 14.3. The van der Waals surface area contributed by atoms with Gasteiger partial charge in [-0.05, 0) is 18.2 Å². The molecular weight excluding hydrogens is 342 g/mol. The zero-order chi connectivity index (χ0) is 18.7. The van der Waals surface area contributed by atoms with Gasteiger partial charge >= 0.3 is 5.97 Å². The van der Waals surface area contributed by atoms with Gasteiger partial charge in [-0.3, -0.25) is 14.4 Å². The van der Waals surface area contributed by atoms with Crippen LogP contribution in [-0.2, 0) is 27.3 Å². The number of hydrogen-bond acceptors (Lipinski definition) is 6. The number of methoxy groups -OCH3 is 1. The Morgan fingerprint density at radius 1 is 1.27 bits per heavy atom. The second-order valence-corrected chi connectivity index (χ2v) is 5.88. The van der Waals surface area contributed by atoms with Crippen LogP contribution in [0.25, 0.3) is 10.8 Å². The SMILES string of the molecule is COc1ccc2c(CC(=O)O)nn(CC(=O)N3CCOCC3)c(=O)c2c1. The molecule has 1 amide bonds. The summed E-state index contributed by atoms with van der Waals surface area (Å²) in [4.78, 5) is 38.0. The monoisotopic (exact) mass is 361 g/mol. The van der Waals surface area contributed by atoms with E-state index in [1.165, 1.54) is 13.2 Å². The summed E-state index contributed by atoms with van der Waals surface area (Å²) in [5.74, 6) is -0.862. The number of hydrogen-bond donors (Lipinski definition) is 1. The lowest BCUT2D eigenvalue weighted by Gasteiger charge is -2.26. The summed E-state index contributed by atoms with van der Waals surface area (Å²) in [6.07, 6.45) is -0.352. The van der Waals surface area contributed by atoms with Crippen molar-refractivity contribution in [1.82, 2.24) is 14.7 Å². The van der Waals surface area contributed by atoms with Gasteiger partial charge in [-0.25, -0.2) is 4.68 Å². The first-order valence-corrected chi connectivity index (χ1v) is 8.14. The van der Waals surface area contributed by atoms with Gasteiger partial charge in [-0.15, -0.1) is 0 Å². The number of ether oxygens (including phenoxy) is 2. The number of carbonyl (C=O) groups is 2. The summed E-state index contributed by atoms with van der Waals surface area (Å²) >= 11 is 0. The second kappa shape index (κ2) is 7.52. The van der Waals surface area contributed by atoms with Crippen LogP contribution in [0.1, 0.15) is 5.69 Å². The van der Waals surface area contributed by atoms with Gasteiger partial charge in [0.25, 0.3) is 5.56 Å². The molecule has 138 valence electrons. The first-order chi connectivity index (χ1) is 12.5. The Balaban J connectivity index is 2.03. The first-order valence-electron chi connectivity index (χ1n) is 8.14. The van der Waals surface area contributed by atoms with Crippen LogP contribution in [0.2, 0.25) is 0 Å². The lowest BCUT2D eigenvalue weighted by Crippen LogP contribution is -2.44. The highest BCUT2D eigenvalue weighted by Crippen LogP contribution is 2.20. The number of carbonyl (C=O) groups excluding carboxylic acids is 1. The highest BCUT2D eigenvalue weighted by molar-refractivity contribution is 5.88. The average molecular weight is 361 g/mol. The van der Waals surface area contributed by atoms with Gasteiger partial charge in [0.05, 0.1) is 37.8 Å². The fraction of sp³-hybridized carbons (Fsp3) is 0.412. The molecule has 26 heavy (non-hydrogen) atoms. The molecule has 2 heterocycles. The van der Waals surface area contributed by atoms with Gasteiger partial charge < -0.3 is 19.5 Å². The zero-order valence-corrected chi connectivity index (χ0v) is 14.3. The van der Waals surface area contributed by atoms with E-state index < -0.39 is 11.5 Å². The van der Waals surface area contributed by atoms with Crippen LogP contribution in [0, 0.1) is 0 Å². The highest BCUT2D eigenvalue weighted by atomic mass is 16.5. The molecule has 1 fully saturated rings. The predicted molar refractivity (Wildman–Crippen MR) is 91.3 cm³/mol. The summed E-state index contributed by atoms with van der Waals surface area (Å²) in [6.45, 7) is 1.56. The molecule has 1 aliphatic heterocycles. The lowest BCUT2D eigenvalue weighted by molar-refractivity contribution is -0.136. The van der Waals surface area contributed by atoms with Crippen LogP contribution in [0.3, 0.4) is 0 Å². The van der Waals surface area contributed by atoms with Gasteiger partial charge in [0.15, 0.2) is 0 Å². The van der Waals surface area contributed by atoms with Gasteiger partial charge in [0, 0.05) is 18.5 Å². The third-order valence-electron chi connectivity index (χ3n) is 4.21. The van der Waals surface area contributed by atoms with E-state index in [-0.39, 0.29) is 30.0 Å². The van der Waals surface area contributed by atoms with Crippen LogP contribution >= 0.6 is 0 Å². The summed E-state index contributed by atoms with van der Waals surface area (Å²) in [5.41, 5.74) is -0.237. The number of rotatable bonds is 5. The molecule has 0 aliphatic carbocycles. The fourth-order valence-electron chi connectivity index (χ4n) is 2.88. The summed E-state index contributed by atoms with van der Waals surface area (Å²) in [6, 6.07) is 4.77. The molecule has 9 nitrogen and oxygen atoms in total. The Bertz CT molecular complexity index is 901. The Hall–Kier alpha value is -2.94. The van der Waals surface area contributed by atoms with E-state index >= 15 is 0 Å². The molecule has 0 bridgehead atoms. The molecule has 1 N–H and O–H groups in total. The molecule has 1 aromatic heterocycles. The van der Waals surface area contributed by atoms with E-state index in [2.05, 4.69) is 5.10 Å². The molecule has 1 aliphatic rings. The molecule has 0 radical (unpaired) electrons. The van der Waals surface area contributed by atoms with Gasteiger partial charge in [0.1, 0.15) is 12.3 Å². The normalized spacial score (nSPS) is 14.4. The number of aliphatic carboxylic acids is 1. The van der Waals surface area contributed by atoms with Crippen molar-refractivity contribution in [2.45, 2.75) is 13.0 Å². The number of carboxylic acid groups (broad SMARTS) is 1. The third-order valence-corrected chi connectivity index (χ3v) is 4.21. The molecular formula is C17H19N3O6. The number of nitrogens with zero attached hydrogens (tertiary/aromatic N) is 3. The molecule has 0 saturated carbocycles. The fourth-order valence-corrected chi connectivity index (χ4v) is 2.88. The van der Waals surface area contributed by atoms with Gasteiger partial charge in [-0.1, -0.05) is 0 Å². The maximum atomic E-state index is 12.8. The summed E-state index contributed by atoms with van der Waals surface area (Å²) < 4.78 is 11.4. The minimum absolute atomic E-state index is 0.226. The van der Waals surface area contributed by atoms with Crippen LogP contribution in [0.4, 0.5) is 0 Å². The Morgan fingerprint density at radius 3 is 2.65 bits per heavy atom. The van der Waals surface area contributed by atoms with E-state index in [9.17, 15) is 14.4 Å². The third kappa shape index (κ3) is 3.67. The topological polar surface area (TPSA) is 111 Å². The molecule has 0 spiro atoms. The average Bonchev–Trinajstić information content (AvgIpc) is 2.65. The van der Waals surface area contributed by atoms with Crippen LogP contribution in [-0.4, -0.2) is 65.1 Å². The standard InChI is InChI=1S/C17H19N3O6/c1-25-11-2-3-12-13(8-11)17(24)20(18-14(12)9-16(22)23)10-15(21)19-4-6-26-7-5-19/h2-3,8H,4-7,9-10H2,1H3,(H,22,23).